The average Bonchev–Trinajstić information content (AvgIpc) is 2.75. The predicted molar refractivity (Wildman–Crippen MR) is 367 cm³/mol. The minimum atomic E-state index is 1.13. The highest BCUT2D eigenvalue weighted by Gasteiger charge is 2.24. The molecule has 0 unspecified atom stereocenters. The standard InChI is InChI=1S/C84H63N/c1-52-31-40-61(64-43-46-76(73-28-16-13-25-70(64)73)82-55(4)34-37-58-19-7-10-22-67(58)82)49-79(52)85(80-50-62(41-32-53(80)2)65-44-47-77(74-29-17-14-26-71(65)74)83-56(5)35-38-59-20-8-11-23-68(59)83)81-51-63(42-33-54(81)3)66-45-48-78(75-30-18-15-27-72(66)75)84-57(6)36-39-60-21-9-12-24-69(60)84/h7-51H,1-6H3. The zero-order valence-corrected chi connectivity index (χ0v) is 48.9. The third kappa shape index (κ3) is 8.69. The third-order valence-electron chi connectivity index (χ3n) is 18.3. The van der Waals surface area contributed by atoms with Crippen LogP contribution in [-0.2, 0) is 0 Å². The van der Waals surface area contributed by atoms with E-state index in [1.165, 1.54) is 165 Å². The Morgan fingerprint density at radius 3 is 0.694 bits per heavy atom. The van der Waals surface area contributed by atoms with Crippen LogP contribution in [0, 0.1) is 41.5 Å². The lowest BCUT2D eigenvalue weighted by Crippen LogP contribution is -2.14. The molecule has 15 aromatic carbocycles. The molecule has 0 atom stereocenters. The van der Waals surface area contributed by atoms with Gasteiger partial charge in [0.2, 0.25) is 0 Å². The summed E-state index contributed by atoms with van der Waals surface area (Å²) in [5.41, 5.74) is 25.5. The molecule has 404 valence electrons. The van der Waals surface area contributed by atoms with Crippen LogP contribution in [0.25, 0.3) is 131 Å². The molecule has 0 N–H and O–H groups in total. The lowest BCUT2D eigenvalue weighted by molar-refractivity contribution is 1.21. The van der Waals surface area contributed by atoms with Gasteiger partial charge in [-0.15, -0.1) is 0 Å². The zero-order valence-electron chi connectivity index (χ0n) is 48.9. The van der Waals surface area contributed by atoms with Crippen molar-refractivity contribution in [2.45, 2.75) is 41.5 Å². The number of nitrogens with zero attached hydrogens (tertiary/aromatic N) is 1. The van der Waals surface area contributed by atoms with Gasteiger partial charge in [-0.05, 0) is 225 Å². The van der Waals surface area contributed by atoms with Gasteiger partial charge in [0.25, 0.3) is 0 Å². The van der Waals surface area contributed by atoms with Crippen molar-refractivity contribution in [1.29, 1.82) is 0 Å². The molecule has 1 heteroatoms. The van der Waals surface area contributed by atoms with Crippen LogP contribution in [0.5, 0.6) is 0 Å². The summed E-state index contributed by atoms with van der Waals surface area (Å²) < 4.78 is 0. The number of rotatable bonds is 9. The molecule has 15 rings (SSSR count). The summed E-state index contributed by atoms with van der Waals surface area (Å²) in [6, 6.07) is 102. The molecule has 0 spiro atoms. The van der Waals surface area contributed by atoms with Gasteiger partial charge in [0.05, 0.1) is 0 Å². The summed E-state index contributed by atoms with van der Waals surface area (Å²) in [6.45, 7) is 13.6. The maximum atomic E-state index is 2.57. The fourth-order valence-electron chi connectivity index (χ4n) is 14.0. The van der Waals surface area contributed by atoms with Gasteiger partial charge in [-0.2, -0.15) is 0 Å². The fourth-order valence-corrected chi connectivity index (χ4v) is 14.0. The summed E-state index contributed by atoms with van der Waals surface area (Å²) >= 11 is 0. The van der Waals surface area contributed by atoms with Crippen molar-refractivity contribution in [2.75, 3.05) is 4.90 Å². The number of aryl methyl sites for hydroxylation is 6. The maximum absolute atomic E-state index is 2.57. The van der Waals surface area contributed by atoms with E-state index in [0.717, 1.165) is 17.1 Å². The van der Waals surface area contributed by atoms with Gasteiger partial charge >= 0.3 is 0 Å². The first-order valence-corrected chi connectivity index (χ1v) is 29.8. The smallest absolute Gasteiger partial charge is 0.0497 e. The van der Waals surface area contributed by atoms with Gasteiger partial charge in [0.1, 0.15) is 0 Å². The molecule has 1 nitrogen and oxygen atoms in total. The second kappa shape index (κ2) is 20.8. The Hall–Kier alpha value is -10.3. The van der Waals surface area contributed by atoms with Crippen LogP contribution in [0.3, 0.4) is 0 Å². The van der Waals surface area contributed by atoms with E-state index in [4.69, 9.17) is 0 Å². The summed E-state index contributed by atoms with van der Waals surface area (Å²) in [7, 11) is 0. The van der Waals surface area contributed by atoms with E-state index < -0.39 is 0 Å². The lowest BCUT2D eigenvalue weighted by Gasteiger charge is -2.31. The molecule has 0 aromatic heterocycles. The summed E-state index contributed by atoms with van der Waals surface area (Å²) in [5, 5.41) is 15.0. The molecule has 0 aliphatic carbocycles. The van der Waals surface area contributed by atoms with E-state index in [9.17, 15) is 0 Å². The fraction of sp³-hybridized carbons (Fsp3) is 0.0714. The van der Waals surface area contributed by atoms with E-state index in [2.05, 4.69) is 319 Å². The van der Waals surface area contributed by atoms with Crippen LogP contribution < -0.4 is 4.90 Å². The van der Waals surface area contributed by atoms with Gasteiger partial charge < -0.3 is 4.90 Å². The van der Waals surface area contributed by atoms with Gasteiger partial charge in [0.15, 0.2) is 0 Å². The van der Waals surface area contributed by atoms with Crippen LogP contribution in [0.1, 0.15) is 33.4 Å². The molecule has 0 saturated carbocycles. The monoisotopic (exact) mass is 1090 g/mol. The van der Waals surface area contributed by atoms with E-state index in [-0.39, 0.29) is 0 Å². The topological polar surface area (TPSA) is 3.24 Å². The Morgan fingerprint density at radius 1 is 0.188 bits per heavy atom. The Balaban J connectivity index is 0.936. The molecular weight excluding hydrogens is 1020 g/mol. The minimum Gasteiger partial charge on any atom is -0.310 e. The Labute approximate surface area is 498 Å². The van der Waals surface area contributed by atoms with Crippen LogP contribution >= 0.6 is 0 Å². The Kier molecular flexibility index (Phi) is 12.6. The van der Waals surface area contributed by atoms with E-state index in [1.54, 1.807) is 0 Å². The molecule has 0 aliphatic heterocycles. The van der Waals surface area contributed by atoms with Gasteiger partial charge in [-0.1, -0.05) is 255 Å². The van der Waals surface area contributed by atoms with Crippen molar-refractivity contribution in [3.8, 4) is 66.8 Å². The van der Waals surface area contributed by atoms with Crippen molar-refractivity contribution < 1.29 is 0 Å². The van der Waals surface area contributed by atoms with Crippen molar-refractivity contribution in [2.24, 2.45) is 0 Å². The molecule has 0 aliphatic rings. The normalized spacial score (nSPS) is 11.6. The van der Waals surface area contributed by atoms with Crippen molar-refractivity contribution in [3.05, 3.63) is 306 Å². The van der Waals surface area contributed by atoms with Crippen molar-refractivity contribution in [1.82, 2.24) is 0 Å². The predicted octanol–water partition coefficient (Wildman–Crippen LogP) is 23.9. The highest BCUT2D eigenvalue weighted by molar-refractivity contribution is 6.14. The van der Waals surface area contributed by atoms with Crippen LogP contribution in [0.4, 0.5) is 17.1 Å². The maximum Gasteiger partial charge on any atom is 0.0497 e. The molecule has 0 heterocycles. The number of anilines is 3. The quantitative estimate of drug-likeness (QED) is 0.139. The molecule has 0 radical (unpaired) electrons. The lowest BCUT2D eigenvalue weighted by atomic mass is 9.87. The number of hydrogen-bond acceptors (Lipinski definition) is 1. The first-order chi connectivity index (χ1) is 41.7. The molecule has 0 saturated heterocycles. The van der Waals surface area contributed by atoms with Gasteiger partial charge in [-0.25, -0.2) is 0 Å². The molecule has 15 aromatic rings. The van der Waals surface area contributed by atoms with E-state index in [1.807, 2.05) is 0 Å². The van der Waals surface area contributed by atoms with Gasteiger partial charge in [-0.3, -0.25) is 0 Å². The molecule has 85 heavy (non-hydrogen) atoms. The molecule has 0 amide bonds. The average molecular weight is 1090 g/mol. The Bertz CT molecular complexity index is 4690. The first kappa shape index (κ1) is 51.5. The van der Waals surface area contributed by atoms with Crippen LogP contribution in [-0.4, -0.2) is 0 Å². The van der Waals surface area contributed by atoms with Gasteiger partial charge in [0, 0.05) is 17.1 Å². The van der Waals surface area contributed by atoms with Crippen LogP contribution in [0.2, 0.25) is 0 Å². The second-order valence-electron chi connectivity index (χ2n) is 23.4. The van der Waals surface area contributed by atoms with E-state index in [0.29, 0.717) is 0 Å². The summed E-state index contributed by atoms with van der Waals surface area (Å²) in [5.74, 6) is 0. The SMILES string of the molecule is Cc1ccc(-c2ccc(-c3c(C)ccc4ccccc34)c3ccccc23)cc1N(c1cc(-c2ccc(-c3c(C)ccc4ccccc34)c3ccccc23)ccc1C)c1cc(-c2ccc(-c3c(C)ccc4ccccc34)c3ccccc23)ccc1C. The largest absolute Gasteiger partial charge is 0.310 e. The van der Waals surface area contributed by atoms with Crippen LogP contribution in [0.15, 0.2) is 273 Å². The number of hydrogen-bond donors (Lipinski definition) is 0. The third-order valence-corrected chi connectivity index (χ3v) is 18.3. The Morgan fingerprint density at radius 2 is 0.412 bits per heavy atom. The molecular formula is C84H63N. The van der Waals surface area contributed by atoms with Crippen molar-refractivity contribution >= 4 is 81.7 Å². The van der Waals surface area contributed by atoms with E-state index >= 15 is 0 Å². The summed E-state index contributed by atoms with van der Waals surface area (Å²) in [6.07, 6.45) is 0. The molecule has 0 bridgehead atoms. The number of benzene rings is 15. The second-order valence-corrected chi connectivity index (χ2v) is 23.4. The summed E-state index contributed by atoms with van der Waals surface area (Å²) in [4.78, 5) is 2.57. The number of fused-ring (bicyclic) bond motifs is 6. The minimum absolute atomic E-state index is 1.13. The van der Waals surface area contributed by atoms with Crippen molar-refractivity contribution in [3.63, 3.8) is 0 Å². The zero-order chi connectivity index (χ0) is 57.4. The highest BCUT2D eigenvalue weighted by atomic mass is 15.1. The first-order valence-electron chi connectivity index (χ1n) is 29.8. The highest BCUT2D eigenvalue weighted by Crippen LogP contribution is 2.49. The molecule has 0 fully saturated rings.